The number of piperidine rings is 1. The van der Waals surface area contributed by atoms with E-state index < -0.39 is 21.2 Å². The highest BCUT2D eigenvalue weighted by atomic mass is 32.2. The average molecular weight is 500 g/mol. The van der Waals surface area contributed by atoms with Gasteiger partial charge in [-0.05, 0) is 79.8 Å². The largest absolute Gasteiger partial charge is 0.341 e. The fourth-order valence-corrected chi connectivity index (χ4v) is 7.07. The van der Waals surface area contributed by atoms with Gasteiger partial charge in [0.2, 0.25) is 11.8 Å². The monoisotopic (exact) mass is 499 g/mol. The molecule has 5 rings (SSSR count). The second-order valence-corrected chi connectivity index (χ2v) is 12.2. The number of carbonyl (C=O) groups excluding carboxylic acids is 2. The summed E-state index contributed by atoms with van der Waals surface area (Å²) in [6.45, 7) is 3.51. The van der Waals surface area contributed by atoms with E-state index in [4.69, 9.17) is 0 Å². The van der Waals surface area contributed by atoms with Gasteiger partial charge in [-0.3, -0.25) is 14.3 Å². The first-order chi connectivity index (χ1) is 16.3. The molecule has 0 radical (unpaired) electrons. The van der Waals surface area contributed by atoms with Gasteiger partial charge in [0.25, 0.3) is 10.0 Å². The molecule has 180 valence electrons. The minimum absolute atomic E-state index is 0.0790. The van der Waals surface area contributed by atoms with Crippen LogP contribution in [-0.2, 0) is 32.5 Å². The van der Waals surface area contributed by atoms with E-state index in [0.717, 1.165) is 44.1 Å². The number of fused-ring (bicyclic) bond motifs is 2. The number of hydrogen-bond donors (Lipinski definition) is 2. The van der Waals surface area contributed by atoms with Crippen LogP contribution < -0.4 is 10.0 Å². The standard InChI is InChI=1S/C25H29N3O4S2/c1-16-11-13-28(14-12-16)25(30)23-24(29)26-21-15-18(9-10-22(21)33-23)34(31,32)27-20-8-4-6-17-5-2-3-7-19(17)20/h4,6,8-10,15-16,23,27H,2-3,5,7,11-14H2,1H3,(H,26,29)/t23-/m0/s1. The Morgan fingerprint density at radius 1 is 1.12 bits per heavy atom. The van der Waals surface area contributed by atoms with Crippen molar-refractivity contribution < 1.29 is 18.0 Å². The van der Waals surface area contributed by atoms with Gasteiger partial charge in [-0.25, -0.2) is 8.42 Å². The highest BCUT2D eigenvalue weighted by Gasteiger charge is 2.37. The van der Waals surface area contributed by atoms with Crippen LogP contribution in [0.3, 0.4) is 0 Å². The van der Waals surface area contributed by atoms with Crippen molar-refractivity contribution in [3.8, 4) is 0 Å². The lowest BCUT2D eigenvalue weighted by atomic mass is 9.91. The van der Waals surface area contributed by atoms with E-state index in [1.165, 1.54) is 29.5 Å². The Labute approximate surface area is 204 Å². The molecular formula is C25H29N3O4S2. The normalized spacial score (nSPS) is 20.8. The van der Waals surface area contributed by atoms with Gasteiger partial charge in [-0.2, -0.15) is 0 Å². The molecule has 0 unspecified atom stereocenters. The van der Waals surface area contributed by atoms with E-state index in [2.05, 4.69) is 23.0 Å². The summed E-state index contributed by atoms with van der Waals surface area (Å²) in [5.74, 6) is 0.0148. The fourth-order valence-electron chi connectivity index (χ4n) is 4.89. The number of rotatable bonds is 4. The second kappa shape index (κ2) is 9.26. The summed E-state index contributed by atoms with van der Waals surface area (Å²) in [5, 5.41) is 1.92. The summed E-state index contributed by atoms with van der Waals surface area (Å²) < 4.78 is 29.1. The van der Waals surface area contributed by atoms with E-state index in [-0.39, 0.29) is 10.8 Å². The van der Waals surface area contributed by atoms with Gasteiger partial charge in [-0.15, -0.1) is 11.8 Å². The molecule has 3 aliphatic rings. The molecule has 2 aromatic rings. The molecule has 2 aliphatic heterocycles. The molecule has 9 heteroatoms. The molecule has 0 spiro atoms. The van der Waals surface area contributed by atoms with Gasteiger partial charge in [0, 0.05) is 18.0 Å². The molecule has 1 fully saturated rings. The first kappa shape index (κ1) is 23.2. The lowest BCUT2D eigenvalue weighted by Gasteiger charge is -2.33. The molecule has 2 heterocycles. The number of sulfonamides is 1. The maximum Gasteiger partial charge on any atom is 0.261 e. The molecular weight excluding hydrogens is 470 g/mol. The van der Waals surface area contributed by atoms with Crippen LogP contribution in [0.4, 0.5) is 11.4 Å². The molecule has 0 aromatic heterocycles. The predicted molar refractivity (Wildman–Crippen MR) is 134 cm³/mol. The van der Waals surface area contributed by atoms with Crippen LogP contribution in [0.15, 0.2) is 46.2 Å². The average Bonchev–Trinajstić information content (AvgIpc) is 2.83. The third-order valence-electron chi connectivity index (χ3n) is 6.96. The number of aryl methyl sites for hydroxylation is 1. The SMILES string of the molecule is CC1CCN(C(=O)[C@H]2Sc3ccc(S(=O)(=O)Nc4cccc5c4CCCC5)cc3NC2=O)CC1. The van der Waals surface area contributed by atoms with Crippen LogP contribution in [0.1, 0.15) is 43.7 Å². The Balaban J connectivity index is 1.34. The van der Waals surface area contributed by atoms with Crippen molar-refractivity contribution in [3.63, 3.8) is 0 Å². The zero-order chi connectivity index (χ0) is 23.9. The van der Waals surface area contributed by atoms with E-state index in [1.807, 2.05) is 6.07 Å². The quantitative estimate of drug-likeness (QED) is 0.619. The lowest BCUT2D eigenvalue weighted by Crippen LogP contribution is -2.47. The Morgan fingerprint density at radius 2 is 1.88 bits per heavy atom. The molecule has 7 nitrogen and oxygen atoms in total. The summed E-state index contributed by atoms with van der Waals surface area (Å²) in [7, 11) is -3.84. The molecule has 2 amide bonds. The van der Waals surface area contributed by atoms with E-state index in [1.54, 1.807) is 17.0 Å². The van der Waals surface area contributed by atoms with Gasteiger partial charge in [-0.1, -0.05) is 19.1 Å². The third kappa shape index (κ3) is 4.55. The van der Waals surface area contributed by atoms with E-state index in [0.29, 0.717) is 35.3 Å². The molecule has 2 aromatic carbocycles. The van der Waals surface area contributed by atoms with Crippen molar-refractivity contribution >= 4 is 45.0 Å². The summed E-state index contributed by atoms with van der Waals surface area (Å²) in [6.07, 6.45) is 5.87. The maximum atomic E-state index is 13.2. The van der Waals surface area contributed by atoms with Crippen molar-refractivity contribution in [2.45, 2.75) is 60.5 Å². The Bertz CT molecular complexity index is 1240. The highest BCUT2D eigenvalue weighted by molar-refractivity contribution is 8.01. The molecule has 34 heavy (non-hydrogen) atoms. The van der Waals surface area contributed by atoms with Crippen LogP contribution in [0.25, 0.3) is 0 Å². The summed E-state index contributed by atoms with van der Waals surface area (Å²) in [6, 6.07) is 10.4. The number of nitrogens with one attached hydrogen (secondary N) is 2. The van der Waals surface area contributed by atoms with Crippen LogP contribution in [0.5, 0.6) is 0 Å². The third-order valence-corrected chi connectivity index (χ3v) is 9.59. The Hall–Kier alpha value is -2.52. The molecule has 1 saturated heterocycles. The number of hydrogen-bond acceptors (Lipinski definition) is 5. The van der Waals surface area contributed by atoms with Crippen molar-refractivity contribution in [1.29, 1.82) is 0 Å². The number of anilines is 2. The number of nitrogens with zero attached hydrogens (tertiary/aromatic N) is 1. The summed E-state index contributed by atoms with van der Waals surface area (Å²) in [5.41, 5.74) is 3.30. The van der Waals surface area contributed by atoms with Gasteiger partial charge in [0.05, 0.1) is 16.3 Å². The topological polar surface area (TPSA) is 95.6 Å². The molecule has 1 atom stereocenters. The van der Waals surface area contributed by atoms with Gasteiger partial charge >= 0.3 is 0 Å². The second-order valence-electron chi connectivity index (χ2n) is 9.41. The Morgan fingerprint density at radius 3 is 2.68 bits per heavy atom. The van der Waals surface area contributed by atoms with Crippen molar-refractivity contribution in [3.05, 3.63) is 47.5 Å². The molecule has 0 bridgehead atoms. The number of likely N-dealkylation sites (tertiary alicyclic amines) is 1. The van der Waals surface area contributed by atoms with Crippen LogP contribution >= 0.6 is 11.8 Å². The van der Waals surface area contributed by atoms with Crippen LogP contribution in [0, 0.1) is 5.92 Å². The lowest BCUT2D eigenvalue weighted by molar-refractivity contribution is -0.135. The van der Waals surface area contributed by atoms with Gasteiger partial charge < -0.3 is 10.2 Å². The molecule has 0 saturated carbocycles. The minimum atomic E-state index is -3.84. The number of thioether (sulfide) groups is 1. The summed E-state index contributed by atoms with van der Waals surface area (Å²) in [4.78, 5) is 28.3. The zero-order valence-electron chi connectivity index (χ0n) is 19.2. The number of amides is 2. The molecule has 2 N–H and O–H groups in total. The fraction of sp³-hybridized carbons (Fsp3) is 0.440. The maximum absolute atomic E-state index is 13.2. The van der Waals surface area contributed by atoms with Crippen LogP contribution in [-0.4, -0.2) is 43.5 Å². The first-order valence-electron chi connectivity index (χ1n) is 11.9. The van der Waals surface area contributed by atoms with Crippen molar-refractivity contribution in [1.82, 2.24) is 4.90 Å². The molecule has 1 aliphatic carbocycles. The number of carbonyl (C=O) groups is 2. The van der Waals surface area contributed by atoms with Crippen molar-refractivity contribution in [2.24, 2.45) is 5.92 Å². The summed E-state index contributed by atoms with van der Waals surface area (Å²) >= 11 is 1.19. The van der Waals surface area contributed by atoms with E-state index >= 15 is 0 Å². The van der Waals surface area contributed by atoms with Crippen LogP contribution in [0.2, 0.25) is 0 Å². The zero-order valence-corrected chi connectivity index (χ0v) is 20.8. The Kier molecular flexibility index (Phi) is 6.33. The predicted octanol–water partition coefficient (Wildman–Crippen LogP) is 4.04. The highest BCUT2D eigenvalue weighted by Crippen LogP contribution is 2.38. The van der Waals surface area contributed by atoms with Gasteiger partial charge in [0.1, 0.15) is 0 Å². The van der Waals surface area contributed by atoms with E-state index in [9.17, 15) is 18.0 Å². The smallest absolute Gasteiger partial charge is 0.261 e. The number of benzene rings is 2. The van der Waals surface area contributed by atoms with Crippen molar-refractivity contribution in [2.75, 3.05) is 23.1 Å². The van der Waals surface area contributed by atoms with Gasteiger partial charge in [0.15, 0.2) is 5.25 Å². The first-order valence-corrected chi connectivity index (χ1v) is 14.2. The minimum Gasteiger partial charge on any atom is -0.341 e.